The largest absolute Gasteiger partial charge is 0.378 e. The summed E-state index contributed by atoms with van der Waals surface area (Å²) in [5.74, 6) is 0.0389. The molecule has 2 N–H and O–H groups in total. The second-order valence-corrected chi connectivity index (χ2v) is 11.0. The molecule has 0 fully saturated rings. The van der Waals surface area contributed by atoms with Crippen LogP contribution in [0.25, 0.3) is 0 Å². The van der Waals surface area contributed by atoms with Crippen LogP contribution < -0.4 is 10.0 Å². The first-order chi connectivity index (χ1) is 16.8. The molecule has 1 aliphatic heterocycles. The van der Waals surface area contributed by atoms with Crippen molar-refractivity contribution in [3.05, 3.63) is 111 Å². The highest BCUT2D eigenvalue weighted by molar-refractivity contribution is 7.89. The van der Waals surface area contributed by atoms with E-state index in [9.17, 15) is 18.5 Å². The third-order valence-electron chi connectivity index (χ3n) is 6.72. The van der Waals surface area contributed by atoms with Gasteiger partial charge in [-0.05, 0) is 54.2 Å². The van der Waals surface area contributed by atoms with Gasteiger partial charge >= 0.3 is 0 Å². The van der Waals surface area contributed by atoms with Gasteiger partial charge < -0.3 is 5.32 Å². The number of non-ortho nitro benzene ring substituents is 1. The van der Waals surface area contributed by atoms with E-state index in [1.165, 1.54) is 12.1 Å². The first-order valence-electron chi connectivity index (χ1n) is 11.4. The number of benzene rings is 3. The van der Waals surface area contributed by atoms with Crippen LogP contribution in [0.5, 0.6) is 0 Å². The molecule has 3 aromatic carbocycles. The van der Waals surface area contributed by atoms with E-state index in [2.05, 4.69) is 22.2 Å². The standard InChI is InChI=1S/C26H24ClN3O4S/c27-24-11-9-18(30(31)32)15-23(24)26-21-8-4-7-20(21)22-16-19(10-12-25(22)29-26)35(33,34)28-14-13-17-5-2-1-3-6-17/h1-7,9-12,15-16,20-21,26,28-29H,8,13-14H2. The Hall–Kier alpha value is -3.20. The molecule has 0 bridgehead atoms. The number of anilines is 1. The van der Waals surface area contributed by atoms with Crippen LogP contribution in [0.2, 0.25) is 5.02 Å². The quantitative estimate of drug-likeness (QED) is 0.245. The molecule has 2 aliphatic rings. The second kappa shape index (κ2) is 9.45. The summed E-state index contributed by atoms with van der Waals surface area (Å²) in [6.07, 6.45) is 5.52. The van der Waals surface area contributed by atoms with E-state index in [0.717, 1.165) is 23.2 Å². The summed E-state index contributed by atoms with van der Waals surface area (Å²) >= 11 is 6.46. The first kappa shape index (κ1) is 23.5. The van der Waals surface area contributed by atoms with Gasteiger partial charge in [0, 0.05) is 40.9 Å². The maximum atomic E-state index is 13.0. The van der Waals surface area contributed by atoms with Gasteiger partial charge in [-0.25, -0.2) is 13.1 Å². The Balaban J connectivity index is 1.41. The molecule has 1 heterocycles. The molecule has 180 valence electrons. The molecule has 35 heavy (non-hydrogen) atoms. The molecule has 3 unspecified atom stereocenters. The van der Waals surface area contributed by atoms with Gasteiger partial charge in [0.1, 0.15) is 0 Å². The maximum absolute atomic E-state index is 13.0. The Morgan fingerprint density at radius 2 is 1.86 bits per heavy atom. The van der Waals surface area contributed by atoms with Crippen LogP contribution in [0.4, 0.5) is 11.4 Å². The van der Waals surface area contributed by atoms with Crippen molar-refractivity contribution in [3.8, 4) is 0 Å². The number of allylic oxidation sites excluding steroid dienone is 2. The molecule has 0 amide bonds. The number of hydrogen-bond acceptors (Lipinski definition) is 5. The molecule has 5 rings (SSSR count). The number of rotatable bonds is 7. The van der Waals surface area contributed by atoms with Crippen LogP contribution in [0.15, 0.2) is 83.8 Å². The SMILES string of the molecule is O=[N+]([O-])c1ccc(Cl)c(C2Nc3ccc(S(=O)(=O)NCCc4ccccc4)cc3C3C=CCC32)c1. The van der Waals surface area contributed by atoms with Crippen LogP contribution >= 0.6 is 11.6 Å². The fraction of sp³-hybridized carbons (Fsp3) is 0.231. The van der Waals surface area contributed by atoms with Crippen molar-refractivity contribution in [3.63, 3.8) is 0 Å². The Bertz CT molecular complexity index is 1410. The predicted octanol–water partition coefficient (Wildman–Crippen LogP) is 5.60. The van der Waals surface area contributed by atoms with Gasteiger partial charge in [-0.2, -0.15) is 0 Å². The molecule has 9 heteroatoms. The molecular formula is C26H24ClN3O4S. The van der Waals surface area contributed by atoms with Crippen molar-refractivity contribution in [2.45, 2.75) is 29.7 Å². The fourth-order valence-electron chi connectivity index (χ4n) is 4.99. The van der Waals surface area contributed by atoms with Gasteiger partial charge in [-0.15, -0.1) is 0 Å². The van der Waals surface area contributed by atoms with E-state index < -0.39 is 14.9 Å². The van der Waals surface area contributed by atoms with Crippen molar-refractivity contribution < 1.29 is 13.3 Å². The minimum Gasteiger partial charge on any atom is -0.378 e. The lowest BCUT2D eigenvalue weighted by atomic mass is 9.77. The van der Waals surface area contributed by atoms with Crippen LogP contribution in [-0.2, 0) is 16.4 Å². The fourth-order valence-corrected chi connectivity index (χ4v) is 6.29. The maximum Gasteiger partial charge on any atom is 0.269 e. The summed E-state index contributed by atoms with van der Waals surface area (Å²) in [4.78, 5) is 11.1. The molecule has 0 saturated heterocycles. The van der Waals surface area contributed by atoms with Crippen LogP contribution in [0.1, 0.15) is 35.1 Å². The lowest BCUT2D eigenvalue weighted by Gasteiger charge is -2.38. The van der Waals surface area contributed by atoms with Gasteiger partial charge in [0.2, 0.25) is 10.0 Å². The topological polar surface area (TPSA) is 101 Å². The lowest BCUT2D eigenvalue weighted by molar-refractivity contribution is -0.384. The van der Waals surface area contributed by atoms with Gasteiger partial charge in [0.15, 0.2) is 0 Å². The van der Waals surface area contributed by atoms with E-state index >= 15 is 0 Å². The van der Waals surface area contributed by atoms with Gasteiger partial charge in [0.05, 0.1) is 15.9 Å². The molecule has 1 aliphatic carbocycles. The highest BCUT2D eigenvalue weighted by Gasteiger charge is 2.39. The summed E-state index contributed by atoms with van der Waals surface area (Å²) in [6, 6.07) is 19.0. The zero-order chi connectivity index (χ0) is 24.6. The third-order valence-corrected chi connectivity index (χ3v) is 8.52. The number of nitro benzene ring substituents is 1. The Morgan fingerprint density at radius 1 is 1.06 bits per heavy atom. The van der Waals surface area contributed by atoms with Gasteiger partial charge in [-0.3, -0.25) is 10.1 Å². The number of halogens is 1. The summed E-state index contributed by atoms with van der Waals surface area (Å²) in [6.45, 7) is 0.307. The normalized spacial score (nSPS) is 20.7. The van der Waals surface area contributed by atoms with Gasteiger partial charge in [-0.1, -0.05) is 54.1 Å². The monoisotopic (exact) mass is 509 g/mol. The third kappa shape index (κ3) is 4.69. The van der Waals surface area contributed by atoms with Crippen molar-refractivity contribution >= 4 is 33.0 Å². The average Bonchev–Trinajstić information content (AvgIpc) is 3.34. The highest BCUT2D eigenvalue weighted by atomic mass is 35.5. The number of fused-ring (bicyclic) bond motifs is 3. The zero-order valence-electron chi connectivity index (χ0n) is 18.7. The number of nitro groups is 1. The number of hydrogen-bond donors (Lipinski definition) is 2. The second-order valence-electron chi connectivity index (χ2n) is 8.82. The zero-order valence-corrected chi connectivity index (χ0v) is 20.3. The van der Waals surface area contributed by atoms with Crippen molar-refractivity contribution in [1.82, 2.24) is 4.72 Å². The van der Waals surface area contributed by atoms with Crippen molar-refractivity contribution in [2.24, 2.45) is 5.92 Å². The van der Waals surface area contributed by atoms with Crippen molar-refractivity contribution in [2.75, 3.05) is 11.9 Å². The summed E-state index contributed by atoms with van der Waals surface area (Å²) in [5, 5.41) is 15.3. The number of sulfonamides is 1. The molecule has 3 atom stereocenters. The highest BCUT2D eigenvalue weighted by Crippen LogP contribution is 2.51. The Labute approximate surface area is 209 Å². The minimum absolute atomic E-state index is 0.0116. The Kier molecular flexibility index (Phi) is 6.35. The number of nitrogens with zero attached hydrogens (tertiary/aromatic N) is 1. The average molecular weight is 510 g/mol. The summed E-state index contributed by atoms with van der Waals surface area (Å²) < 4.78 is 28.7. The van der Waals surface area contributed by atoms with E-state index in [1.807, 2.05) is 30.3 Å². The molecule has 0 aromatic heterocycles. The van der Waals surface area contributed by atoms with E-state index in [0.29, 0.717) is 23.6 Å². The molecular weight excluding hydrogens is 486 g/mol. The summed E-state index contributed by atoms with van der Waals surface area (Å²) in [5.41, 5.74) is 3.42. The molecule has 7 nitrogen and oxygen atoms in total. The van der Waals surface area contributed by atoms with E-state index in [-0.39, 0.29) is 28.5 Å². The Morgan fingerprint density at radius 3 is 2.63 bits per heavy atom. The predicted molar refractivity (Wildman–Crippen MR) is 136 cm³/mol. The van der Waals surface area contributed by atoms with Gasteiger partial charge in [0.25, 0.3) is 5.69 Å². The molecule has 3 aromatic rings. The molecule has 0 saturated carbocycles. The minimum atomic E-state index is -3.68. The summed E-state index contributed by atoms with van der Waals surface area (Å²) in [7, 11) is -3.68. The van der Waals surface area contributed by atoms with Crippen LogP contribution in [0.3, 0.4) is 0 Å². The molecule has 0 radical (unpaired) electrons. The van der Waals surface area contributed by atoms with Crippen molar-refractivity contribution in [1.29, 1.82) is 0 Å². The first-order valence-corrected chi connectivity index (χ1v) is 13.2. The lowest BCUT2D eigenvalue weighted by Crippen LogP contribution is -2.30. The van der Waals surface area contributed by atoms with Crippen LogP contribution in [0, 0.1) is 16.0 Å². The molecule has 0 spiro atoms. The smallest absolute Gasteiger partial charge is 0.269 e. The van der Waals surface area contributed by atoms with E-state index in [1.54, 1.807) is 24.3 Å². The van der Waals surface area contributed by atoms with E-state index in [4.69, 9.17) is 11.6 Å². The van der Waals surface area contributed by atoms with Crippen LogP contribution in [-0.4, -0.2) is 19.9 Å². The number of nitrogens with one attached hydrogen (secondary N) is 2.